The van der Waals surface area contributed by atoms with E-state index in [9.17, 15) is 15.2 Å². The van der Waals surface area contributed by atoms with Crippen molar-refractivity contribution in [2.45, 2.75) is 26.8 Å². The second-order valence-corrected chi connectivity index (χ2v) is 5.69. The van der Waals surface area contributed by atoms with E-state index >= 15 is 0 Å². The van der Waals surface area contributed by atoms with Crippen LogP contribution >= 0.6 is 11.6 Å². The molecular formula is C17H17ClN4O3. The highest BCUT2D eigenvalue weighted by Gasteiger charge is 2.18. The first-order valence-corrected chi connectivity index (χ1v) is 7.94. The molecule has 130 valence electrons. The maximum atomic E-state index is 12.6. The highest BCUT2D eigenvalue weighted by Crippen LogP contribution is 2.32. The number of nitrogens with zero attached hydrogens (tertiary/aromatic N) is 4. The molecule has 2 rings (SSSR count). The third-order valence-electron chi connectivity index (χ3n) is 3.61. The average Bonchev–Trinajstić information content (AvgIpc) is 2.59. The zero-order chi connectivity index (χ0) is 18.6. The van der Waals surface area contributed by atoms with Gasteiger partial charge in [-0.1, -0.05) is 18.5 Å². The maximum Gasteiger partial charge on any atom is 0.281 e. The highest BCUT2D eigenvalue weighted by molar-refractivity contribution is 6.30. The summed E-state index contributed by atoms with van der Waals surface area (Å²) < 4.78 is 6.31. The van der Waals surface area contributed by atoms with Gasteiger partial charge < -0.3 is 9.84 Å². The van der Waals surface area contributed by atoms with E-state index in [4.69, 9.17) is 16.3 Å². The highest BCUT2D eigenvalue weighted by atomic mass is 35.5. The van der Waals surface area contributed by atoms with Crippen molar-refractivity contribution in [3.63, 3.8) is 0 Å². The van der Waals surface area contributed by atoms with E-state index in [1.54, 1.807) is 25.1 Å². The average molecular weight is 361 g/mol. The molecule has 25 heavy (non-hydrogen) atoms. The summed E-state index contributed by atoms with van der Waals surface area (Å²) in [6, 6.07) is 6.74. The van der Waals surface area contributed by atoms with Crippen molar-refractivity contribution >= 4 is 23.0 Å². The number of azo groups is 1. The Morgan fingerprint density at radius 1 is 1.40 bits per heavy atom. The molecule has 0 fully saturated rings. The topological polar surface area (TPSA) is 100.0 Å². The molecule has 1 aromatic carbocycles. The monoisotopic (exact) mass is 360 g/mol. The molecule has 0 aliphatic rings. The van der Waals surface area contributed by atoms with Gasteiger partial charge in [-0.3, -0.25) is 9.36 Å². The fraction of sp³-hybridized carbons (Fsp3) is 0.294. The van der Waals surface area contributed by atoms with Crippen LogP contribution in [0.15, 0.2) is 33.2 Å². The third-order valence-corrected chi connectivity index (χ3v) is 3.85. The number of pyridine rings is 1. The van der Waals surface area contributed by atoms with Crippen LogP contribution in [0.25, 0.3) is 0 Å². The van der Waals surface area contributed by atoms with Gasteiger partial charge in [0.15, 0.2) is 5.69 Å². The molecule has 0 bridgehead atoms. The van der Waals surface area contributed by atoms with Gasteiger partial charge in [0.1, 0.15) is 23.1 Å². The molecule has 0 amide bonds. The first kappa shape index (κ1) is 18.5. The normalized spacial score (nSPS) is 10.8. The molecule has 1 N–H and O–H groups in total. The number of hydrogen-bond acceptors (Lipinski definition) is 6. The number of aromatic nitrogens is 1. The molecule has 2 aromatic rings. The van der Waals surface area contributed by atoms with E-state index in [1.807, 2.05) is 13.0 Å². The van der Waals surface area contributed by atoms with Gasteiger partial charge in [-0.25, -0.2) is 0 Å². The van der Waals surface area contributed by atoms with E-state index in [0.717, 1.165) is 4.57 Å². The minimum absolute atomic E-state index is 0.0000547. The summed E-state index contributed by atoms with van der Waals surface area (Å²) in [5, 5.41) is 27.9. The number of rotatable bonds is 5. The van der Waals surface area contributed by atoms with Gasteiger partial charge in [-0.15, -0.1) is 10.2 Å². The van der Waals surface area contributed by atoms with Crippen LogP contribution in [-0.2, 0) is 6.54 Å². The molecule has 0 saturated carbocycles. The van der Waals surface area contributed by atoms with Crippen molar-refractivity contribution in [1.82, 2.24) is 4.57 Å². The number of hydrogen-bond donors (Lipinski definition) is 1. The second-order valence-electron chi connectivity index (χ2n) is 5.26. The Balaban J connectivity index is 2.64. The fourth-order valence-electron chi connectivity index (χ4n) is 2.33. The molecule has 0 atom stereocenters. The minimum Gasteiger partial charge on any atom is -0.494 e. The number of aromatic hydroxyl groups is 1. The van der Waals surface area contributed by atoms with Crippen LogP contribution in [0.3, 0.4) is 0 Å². The lowest BCUT2D eigenvalue weighted by Crippen LogP contribution is -2.21. The molecule has 1 aromatic heterocycles. The summed E-state index contributed by atoms with van der Waals surface area (Å²) in [4.78, 5) is 12.6. The zero-order valence-corrected chi connectivity index (χ0v) is 14.8. The SMILES string of the molecule is CCCn1c(O)c(C#N)c(C)c(N=Nc2cc(Cl)ccc2OC)c1=O. The Morgan fingerprint density at radius 3 is 2.72 bits per heavy atom. The van der Waals surface area contributed by atoms with Gasteiger partial charge in [-0.2, -0.15) is 5.26 Å². The summed E-state index contributed by atoms with van der Waals surface area (Å²) in [6.45, 7) is 3.66. The van der Waals surface area contributed by atoms with Gasteiger partial charge >= 0.3 is 0 Å². The van der Waals surface area contributed by atoms with Crippen LogP contribution in [-0.4, -0.2) is 16.8 Å². The van der Waals surface area contributed by atoms with Crippen molar-refractivity contribution in [3.8, 4) is 17.7 Å². The van der Waals surface area contributed by atoms with Crippen molar-refractivity contribution in [3.05, 3.63) is 44.7 Å². The van der Waals surface area contributed by atoms with Crippen molar-refractivity contribution in [2.75, 3.05) is 7.11 Å². The van der Waals surface area contributed by atoms with E-state index in [-0.39, 0.29) is 29.2 Å². The first-order valence-electron chi connectivity index (χ1n) is 7.56. The lowest BCUT2D eigenvalue weighted by molar-refractivity contribution is 0.402. The smallest absolute Gasteiger partial charge is 0.281 e. The Labute approximate surface area is 149 Å². The molecule has 0 aliphatic carbocycles. The van der Waals surface area contributed by atoms with Crippen LogP contribution in [0, 0.1) is 18.3 Å². The molecular weight excluding hydrogens is 344 g/mol. The van der Waals surface area contributed by atoms with E-state index in [1.165, 1.54) is 7.11 Å². The Bertz CT molecular complexity index is 929. The number of benzene rings is 1. The van der Waals surface area contributed by atoms with Crippen LogP contribution in [0.5, 0.6) is 11.6 Å². The molecule has 1 heterocycles. The Kier molecular flexibility index (Phi) is 5.78. The summed E-state index contributed by atoms with van der Waals surface area (Å²) in [5.74, 6) is 0.0881. The standard InChI is InChI=1S/C17H17ClN4O3/c1-4-7-22-16(23)12(9-19)10(2)15(17(22)24)21-20-13-8-11(18)5-6-14(13)25-3/h5-6,8,23H,4,7H2,1-3H3. The number of nitriles is 1. The summed E-state index contributed by atoms with van der Waals surface area (Å²) >= 11 is 5.95. The quantitative estimate of drug-likeness (QED) is 0.806. The van der Waals surface area contributed by atoms with Crippen molar-refractivity contribution in [1.29, 1.82) is 5.26 Å². The first-order chi connectivity index (χ1) is 11.9. The van der Waals surface area contributed by atoms with E-state index in [2.05, 4.69) is 10.2 Å². The summed E-state index contributed by atoms with van der Waals surface area (Å²) in [7, 11) is 1.48. The van der Waals surface area contributed by atoms with E-state index in [0.29, 0.717) is 22.9 Å². The molecule has 0 unspecified atom stereocenters. The number of ether oxygens (including phenoxy) is 1. The lowest BCUT2D eigenvalue weighted by Gasteiger charge is -2.12. The van der Waals surface area contributed by atoms with Gasteiger partial charge in [0.05, 0.1) is 7.11 Å². The van der Waals surface area contributed by atoms with E-state index < -0.39 is 5.56 Å². The van der Waals surface area contributed by atoms with Gasteiger partial charge in [0.2, 0.25) is 5.88 Å². The largest absolute Gasteiger partial charge is 0.494 e. The zero-order valence-electron chi connectivity index (χ0n) is 14.1. The lowest BCUT2D eigenvalue weighted by atomic mass is 10.1. The minimum atomic E-state index is -0.513. The van der Waals surface area contributed by atoms with Gasteiger partial charge in [-0.05, 0) is 31.5 Å². The van der Waals surface area contributed by atoms with Crippen LogP contribution < -0.4 is 10.3 Å². The van der Waals surface area contributed by atoms with Crippen LogP contribution in [0.2, 0.25) is 5.02 Å². The van der Waals surface area contributed by atoms with Crippen molar-refractivity contribution < 1.29 is 9.84 Å². The predicted molar refractivity (Wildman–Crippen MR) is 94.3 cm³/mol. The Hall–Kier alpha value is -2.85. The third kappa shape index (κ3) is 3.64. The van der Waals surface area contributed by atoms with Crippen LogP contribution in [0.4, 0.5) is 11.4 Å². The molecule has 0 aliphatic heterocycles. The fourth-order valence-corrected chi connectivity index (χ4v) is 2.50. The molecule has 0 radical (unpaired) electrons. The molecule has 7 nitrogen and oxygen atoms in total. The second kappa shape index (κ2) is 7.81. The van der Waals surface area contributed by atoms with Gasteiger partial charge in [0, 0.05) is 17.1 Å². The van der Waals surface area contributed by atoms with Crippen LogP contribution in [0.1, 0.15) is 24.5 Å². The number of halogens is 1. The summed E-state index contributed by atoms with van der Waals surface area (Å²) in [6.07, 6.45) is 0.611. The Morgan fingerprint density at radius 2 is 2.12 bits per heavy atom. The summed E-state index contributed by atoms with van der Waals surface area (Å²) in [5.41, 5.74) is 0.0926. The number of methoxy groups -OCH3 is 1. The molecule has 8 heteroatoms. The molecule has 0 spiro atoms. The molecule has 0 saturated heterocycles. The van der Waals surface area contributed by atoms with Crippen molar-refractivity contribution in [2.24, 2.45) is 10.2 Å². The maximum absolute atomic E-state index is 12.6. The predicted octanol–water partition coefficient (Wildman–Crippen LogP) is 4.22. The van der Waals surface area contributed by atoms with Gasteiger partial charge in [0.25, 0.3) is 5.56 Å².